The van der Waals surface area contributed by atoms with Crippen LogP contribution in [0.2, 0.25) is 0 Å². The molecule has 18 heavy (non-hydrogen) atoms. The Morgan fingerprint density at radius 1 is 1.56 bits per heavy atom. The maximum absolute atomic E-state index is 11.6. The van der Waals surface area contributed by atoms with Crippen molar-refractivity contribution in [1.82, 2.24) is 5.32 Å². The summed E-state index contributed by atoms with van der Waals surface area (Å²) in [5, 5.41) is 2.82. The lowest BCUT2D eigenvalue weighted by molar-refractivity contribution is -0.117. The highest BCUT2D eigenvalue weighted by Gasteiger charge is 2.03. The van der Waals surface area contributed by atoms with Crippen LogP contribution in [-0.4, -0.2) is 25.2 Å². The first-order valence-corrected chi connectivity index (χ1v) is 6.03. The van der Waals surface area contributed by atoms with E-state index in [9.17, 15) is 4.79 Å². The molecule has 0 saturated carbocycles. The first kappa shape index (κ1) is 14.3. The van der Waals surface area contributed by atoms with E-state index >= 15 is 0 Å². The summed E-state index contributed by atoms with van der Waals surface area (Å²) in [6.45, 7) is 5.00. The Hall–Kier alpha value is -1.81. The normalized spacial score (nSPS) is 12.6. The maximum Gasteiger partial charge on any atom is 0.244 e. The number of benzene rings is 1. The fourth-order valence-electron chi connectivity index (χ4n) is 1.46. The minimum atomic E-state index is -0.135. The van der Waals surface area contributed by atoms with E-state index in [1.807, 2.05) is 38.1 Å². The van der Waals surface area contributed by atoms with Crippen LogP contribution >= 0.6 is 0 Å². The molecule has 3 N–H and O–H groups in total. The Bertz CT molecular complexity index is 416. The summed E-state index contributed by atoms with van der Waals surface area (Å²) < 4.78 is 5.22. The molecule has 0 fully saturated rings. The number of ether oxygens (including phenoxy) is 1. The lowest BCUT2D eigenvalue weighted by atomic mass is 10.2. The number of nitrogen functional groups attached to an aromatic ring is 1. The zero-order valence-corrected chi connectivity index (χ0v) is 10.8. The Morgan fingerprint density at radius 2 is 2.33 bits per heavy atom. The molecule has 0 aliphatic rings. The molecule has 1 unspecified atom stereocenters. The van der Waals surface area contributed by atoms with Gasteiger partial charge in [-0.2, -0.15) is 0 Å². The molecule has 1 aromatic rings. The molecule has 4 nitrogen and oxygen atoms in total. The summed E-state index contributed by atoms with van der Waals surface area (Å²) >= 11 is 0. The number of anilines is 1. The van der Waals surface area contributed by atoms with Gasteiger partial charge >= 0.3 is 0 Å². The van der Waals surface area contributed by atoms with E-state index in [2.05, 4.69) is 5.32 Å². The first-order chi connectivity index (χ1) is 8.61. The van der Waals surface area contributed by atoms with E-state index in [4.69, 9.17) is 10.5 Å². The largest absolute Gasteiger partial charge is 0.399 e. The fraction of sp³-hybridized carbons (Fsp3) is 0.357. The average molecular weight is 248 g/mol. The van der Waals surface area contributed by atoms with E-state index in [0.29, 0.717) is 18.9 Å². The third-order valence-electron chi connectivity index (χ3n) is 2.30. The number of carbonyl (C=O) groups excluding carboxylic acids is 1. The molecule has 0 aliphatic heterocycles. The fourth-order valence-corrected chi connectivity index (χ4v) is 1.46. The van der Waals surface area contributed by atoms with Gasteiger partial charge in [-0.25, -0.2) is 0 Å². The third kappa shape index (κ3) is 5.50. The van der Waals surface area contributed by atoms with Crippen LogP contribution in [0.3, 0.4) is 0 Å². The predicted molar refractivity (Wildman–Crippen MR) is 74.0 cm³/mol. The van der Waals surface area contributed by atoms with E-state index in [0.717, 1.165) is 5.56 Å². The third-order valence-corrected chi connectivity index (χ3v) is 2.30. The van der Waals surface area contributed by atoms with Crippen LogP contribution in [0.1, 0.15) is 19.4 Å². The van der Waals surface area contributed by atoms with Crippen LogP contribution in [0.4, 0.5) is 5.69 Å². The Balaban J connectivity index is 2.44. The molecule has 1 aromatic carbocycles. The second-order valence-electron chi connectivity index (χ2n) is 4.07. The van der Waals surface area contributed by atoms with Crippen LogP contribution in [0.15, 0.2) is 30.3 Å². The van der Waals surface area contributed by atoms with E-state index in [-0.39, 0.29) is 11.9 Å². The van der Waals surface area contributed by atoms with Crippen LogP contribution in [0.5, 0.6) is 0 Å². The number of nitrogens with one attached hydrogen (secondary N) is 1. The predicted octanol–water partition coefficient (Wildman–Crippen LogP) is 1.82. The van der Waals surface area contributed by atoms with Gasteiger partial charge in [-0.15, -0.1) is 0 Å². The van der Waals surface area contributed by atoms with Gasteiger partial charge in [-0.05, 0) is 37.6 Å². The molecule has 0 aromatic heterocycles. The monoisotopic (exact) mass is 248 g/mol. The molecule has 0 saturated heterocycles. The topological polar surface area (TPSA) is 64.3 Å². The molecular weight excluding hydrogens is 228 g/mol. The van der Waals surface area contributed by atoms with Crippen molar-refractivity contribution in [3.8, 4) is 0 Å². The summed E-state index contributed by atoms with van der Waals surface area (Å²) in [5.41, 5.74) is 7.24. The summed E-state index contributed by atoms with van der Waals surface area (Å²) in [6, 6.07) is 7.37. The Morgan fingerprint density at radius 3 is 3.00 bits per heavy atom. The minimum Gasteiger partial charge on any atom is -0.399 e. The number of amides is 1. The van der Waals surface area contributed by atoms with Crippen molar-refractivity contribution in [2.24, 2.45) is 0 Å². The summed E-state index contributed by atoms with van der Waals surface area (Å²) in [5.74, 6) is -0.135. The first-order valence-electron chi connectivity index (χ1n) is 6.03. The Kier molecular flexibility index (Phi) is 5.94. The molecule has 1 amide bonds. The molecule has 0 spiro atoms. The van der Waals surface area contributed by atoms with Gasteiger partial charge in [-0.1, -0.05) is 12.1 Å². The SMILES string of the molecule is CCOCC(C)NC(=O)/C=C/c1cccc(N)c1. The second-order valence-corrected chi connectivity index (χ2v) is 4.07. The van der Waals surface area contributed by atoms with Gasteiger partial charge in [0.25, 0.3) is 0 Å². The Labute approximate surface area is 108 Å². The van der Waals surface area contributed by atoms with Crippen molar-refractivity contribution in [3.05, 3.63) is 35.9 Å². The molecule has 4 heteroatoms. The molecular formula is C14H20N2O2. The molecule has 98 valence electrons. The number of rotatable bonds is 6. The van der Waals surface area contributed by atoms with Crippen LogP contribution in [0.25, 0.3) is 6.08 Å². The highest BCUT2D eigenvalue weighted by molar-refractivity contribution is 5.92. The zero-order chi connectivity index (χ0) is 13.4. The van der Waals surface area contributed by atoms with Gasteiger partial charge in [0.1, 0.15) is 0 Å². The number of nitrogens with two attached hydrogens (primary N) is 1. The van der Waals surface area contributed by atoms with Gasteiger partial charge in [0.2, 0.25) is 5.91 Å². The molecule has 0 aliphatic carbocycles. The molecule has 1 rings (SSSR count). The van der Waals surface area contributed by atoms with Crippen LogP contribution in [-0.2, 0) is 9.53 Å². The standard InChI is InChI=1S/C14H20N2O2/c1-3-18-10-11(2)16-14(17)8-7-12-5-4-6-13(15)9-12/h4-9,11H,3,10,15H2,1-2H3,(H,16,17)/b8-7+. The summed E-state index contributed by atoms with van der Waals surface area (Å²) in [6.07, 6.45) is 3.23. The molecule has 0 heterocycles. The van der Waals surface area contributed by atoms with Gasteiger partial charge < -0.3 is 15.8 Å². The highest BCUT2D eigenvalue weighted by Crippen LogP contribution is 2.07. The van der Waals surface area contributed by atoms with Gasteiger partial charge in [-0.3, -0.25) is 4.79 Å². The van der Waals surface area contributed by atoms with E-state index in [1.54, 1.807) is 6.08 Å². The van der Waals surface area contributed by atoms with Gasteiger partial charge in [0.15, 0.2) is 0 Å². The van der Waals surface area contributed by atoms with E-state index < -0.39 is 0 Å². The summed E-state index contributed by atoms with van der Waals surface area (Å²) in [7, 11) is 0. The van der Waals surface area contributed by atoms with Crippen LogP contribution in [0, 0.1) is 0 Å². The van der Waals surface area contributed by atoms with Crippen molar-refractivity contribution in [1.29, 1.82) is 0 Å². The van der Waals surface area contributed by atoms with Crippen molar-refractivity contribution in [3.63, 3.8) is 0 Å². The quantitative estimate of drug-likeness (QED) is 0.596. The average Bonchev–Trinajstić information content (AvgIpc) is 2.34. The maximum atomic E-state index is 11.6. The zero-order valence-electron chi connectivity index (χ0n) is 10.8. The molecule has 0 radical (unpaired) electrons. The highest BCUT2D eigenvalue weighted by atomic mass is 16.5. The van der Waals surface area contributed by atoms with Crippen molar-refractivity contribution >= 4 is 17.7 Å². The molecule has 0 bridgehead atoms. The van der Waals surface area contributed by atoms with E-state index in [1.165, 1.54) is 6.08 Å². The summed E-state index contributed by atoms with van der Waals surface area (Å²) in [4.78, 5) is 11.6. The number of hydrogen-bond donors (Lipinski definition) is 2. The second kappa shape index (κ2) is 7.50. The lowest BCUT2D eigenvalue weighted by Crippen LogP contribution is -2.34. The lowest BCUT2D eigenvalue weighted by Gasteiger charge is -2.11. The minimum absolute atomic E-state index is 0.00272. The van der Waals surface area contributed by atoms with Crippen molar-refractivity contribution < 1.29 is 9.53 Å². The number of carbonyl (C=O) groups is 1. The molecule has 1 atom stereocenters. The van der Waals surface area contributed by atoms with Gasteiger partial charge in [0.05, 0.1) is 6.61 Å². The smallest absolute Gasteiger partial charge is 0.244 e. The number of hydrogen-bond acceptors (Lipinski definition) is 3. The van der Waals surface area contributed by atoms with Gasteiger partial charge in [0, 0.05) is 24.4 Å². The van der Waals surface area contributed by atoms with Crippen molar-refractivity contribution in [2.45, 2.75) is 19.9 Å². The van der Waals surface area contributed by atoms with Crippen molar-refractivity contribution in [2.75, 3.05) is 18.9 Å². The van der Waals surface area contributed by atoms with Crippen LogP contribution < -0.4 is 11.1 Å².